The van der Waals surface area contributed by atoms with E-state index in [0.29, 0.717) is 0 Å². The van der Waals surface area contributed by atoms with Gasteiger partial charge in [0.1, 0.15) is 0 Å². The predicted molar refractivity (Wildman–Crippen MR) is 62.9 cm³/mol. The van der Waals surface area contributed by atoms with Gasteiger partial charge in [0.2, 0.25) is 0 Å². The van der Waals surface area contributed by atoms with E-state index in [4.69, 9.17) is 0 Å². The van der Waals surface area contributed by atoms with Crippen molar-refractivity contribution in [2.75, 3.05) is 0 Å². The maximum Gasteiger partial charge on any atom is -0.0163 e. The van der Waals surface area contributed by atoms with Gasteiger partial charge in [-0.15, -0.1) is 0 Å². The Hall–Kier alpha value is -1.04. The van der Waals surface area contributed by atoms with Crippen LogP contribution < -0.4 is 0 Å². The zero-order valence-electron chi connectivity index (χ0n) is 8.78. The zero-order valence-corrected chi connectivity index (χ0v) is 8.78. The van der Waals surface area contributed by atoms with Crippen LogP contribution in [0.5, 0.6) is 0 Å². The molecule has 0 unspecified atom stereocenters. The molecule has 1 aliphatic carbocycles. The summed E-state index contributed by atoms with van der Waals surface area (Å²) >= 11 is 0. The third-order valence-electron chi connectivity index (χ3n) is 2.13. The van der Waals surface area contributed by atoms with Crippen LogP contribution in [0.15, 0.2) is 42.5 Å². The second-order valence-electron chi connectivity index (χ2n) is 3.42. The van der Waals surface area contributed by atoms with Crippen LogP contribution in [0.25, 0.3) is 0 Å². The Bertz CT molecular complexity index is 204. The number of rotatable bonds is 0. The molecule has 14 heavy (non-hydrogen) atoms. The third-order valence-corrected chi connectivity index (χ3v) is 2.13. The first kappa shape index (κ1) is 11.0. The van der Waals surface area contributed by atoms with E-state index in [9.17, 15) is 0 Å². The summed E-state index contributed by atoms with van der Waals surface area (Å²) in [7, 11) is 0. The van der Waals surface area contributed by atoms with Gasteiger partial charge in [0.05, 0.1) is 0 Å². The van der Waals surface area contributed by atoms with Crippen LogP contribution in [0.2, 0.25) is 0 Å². The summed E-state index contributed by atoms with van der Waals surface area (Å²) < 4.78 is 0. The van der Waals surface area contributed by atoms with Gasteiger partial charge in [0.15, 0.2) is 0 Å². The van der Waals surface area contributed by atoms with Gasteiger partial charge in [-0.2, -0.15) is 0 Å². The van der Waals surface area contributed by atoms with E-state index in [2.05, 4.69) is 48.6 Å². The highest BCUT2D eigenvalue weighted by atomic mass is 13.9. The Labute approximate surface area is 87.7 Å². The van der Waals surface area contributed by atoms with E-state index in [1.807, 2.05) is 0 Å². The monoisotopic (exact) mass is 187 g/mol. The topological polar surface area (TPSA) is 0 Å². The average Bonchev–Trinajstić information content (AvgIpc) is 2.22. The van der Waals surface area contributed by atoms with Crippen molar-refractivity contribution in [3.63, 3.8) is 0 Å². The molecule has 1 aliphatic rings. The van der Waals surface area contributed by atoms with Gasteiger partial charge in [-0.3, -0.25) is 0 Å². The molecule has 0 saturated heterocycles. The van der Waals surface area contributed by atoms with Gasteiger partial charge in [-0.25, -0.2) is 0 Å². The molecule has 0 heteroatoms. The lowest BCUT2D eigenvalue weighted by Gasteiger charge is -1.90. The van der Waals surface area contributed by atoms with Crippen LogP contribution in [0.1, 0.15) is 38.5 Å². The SMILES string of the molecule is [C]1=CCC=CCC=CCC=CCCC1. The van der Waals surface area contributed by atoms with E-state index in [0.717, 1.165) is 25.7 Å². The molecule has 0 aromatic heterocycles. The van der Waals surface area contributed by atoms with Crippen molar-refractivity contribution in [1.29, 1.82) is 0 Å². The van der Waals surface area contributed by atoms with Gasteiger partial charge in [0.25, 0.3) is 0 Å². The predicted octanol–water partition coefficient (Wildman–Crippen LogP) is 4.37. The lowest BCUT2D eigenvalue weighted by molar-refractivity contribution is 0.850. The quantitative estimate of drug-likeness (QED) is 0.494. The number of hydrogen-bond donors (Lipinski definition) is 0. The summed E-state index contributed by atoms with van der Waals surface area (Å²) in [5, 5.41) is 0. The summed E-state index contributed by atoms with van der Waals surface area (Å²) in [6, 6.07) is 0. The average molecular weight is 187 g/mol. The third kappa shape index (κ3) is 6.47. The van der Waals surface area contributed by atoms with Crippen LogP contribution >= 0.6 is 0 Å². The molecule has 0 nitrogen and oxygen atoms in total. The van der Waals surface area contributed by atoms with Gasteiger partial charge >= 0.3 is 0 Å². The number of allylic oxidation sites excluding steroid dienone is 8. The van der Waals surface area contributed by atoms with Crippen molar-refractivity contribution in [1.82, 2.24) is 0 Å². The molecule has 75 valence electrons. The molecular formula is C14H19. The molecular weight excluding hydrogens is 168 g/mol. The lowest BCUT2D eigenvalue weighted by Crippen LogP contribution is -1.71. The molecule has 0 bridgehead atoms. The smallest absolute Gasteiger partial charge is 0.0163 e. The summed E-state index contributed by atoms with van der Waals surface area (Å²) in [6.45, 7) is 0. The molecule has 0 heterocycles. The fraction of sp³-hybridized carbons (Fsp3) is 0.429. The highest BCUT2D eigenvalue weighted by Gasteiger charge is 1.81. The van der Waals surface area contributed by atoms with Gasteiger partial charge in [-0.1, -0.05) is 42.5 Å². The minimum absolute atomic E-state index is 1.03. The molecule has 1 radical (unpaired) electrons. The minimum atomic E-state index is 1.03. The van der Waals surface area contributed by atoms with Crippen molar-refractivity contribution < 1.29 is 0 Å². The highest BCUT2D eigenvalue weighted by Crippen LogP contribution is 2.01. The van der Waals surface area contributed by atoms with Crippen LogP contribution in [0, 0.1) is 6.08 Å². The maximum atomic E-state index is 3.31. The minimum Gasteiger partial charge on any atom is -0.0882 e. The normalized spacial score (nSPS) is 19.4. The first-order valence-corrected chi connectivity index (χ1v) is 5.50. The molecule has 0 amide bonds. The molecule has 0 fully saturated rings. The van der Waals surface area contributed by atoms with Crippen LogP contribution in [0.4, 0.5) is 0 Å². The van der Waals surface area contributed by atoms with E-state index in [-0.39, 0.29) is 0 Å². The van der Waals surface area contributed by atoms with E-state index in [1.165, 1.54) is 12.8 Å². The Morgan fingerprint density at radius 2 is 1.36 bits per heavy atom. The first-order valence-electron chi connectivity index (χ1n) is 5.50. The lowest BCUT2D eigenvalue weighted by atomic mass is 10.2. The van der Waals surface area contributed by atoms with Crippen LogP contribution in [0.3, 0.4) is 0 Å². The molecule has 0 spiro atoms. The van der Waals surface area contributed by atoms with E-state index >= 15 is 0 Å². The molecule has 0 atom stereocenters. The van der Waals surface area contributed by atoms with Crippen LogP contribution in [-0.2, 0) is 0 Å². The molecule has 0 aromatic rings. The first-order chi connectivity index (χ1) is 7.00. The van der Waals surface area contributed by atoms with Crippen molar-refractivity contribution in [3.8, 4) is 0 Å². The molecule has 0 saturated carbocycles. The summed E-state index contributed by atoms with van der Waals surface area (Å²) in [5.41, 5.74) is 0. The Kier molecular flexibility index (Phi) is 6.74. The summed E-state index contributed by atoms with van der Waals surface area (Å²) in [5.74, 6) is 0. The van der Waals surface area contributed by atoms with Crippen molar-refractivity contribution in [2.24, 2.45) is 0 Å². The van der Waals surface area contributed by atoms with Gasteiger partial charge in [-0.05, 0) is 44.6 Å². The van der Waals surface area contributed by atoms with Crippen molar-refractivity contribution in [3.05, 3.63) is 48.6 Å². The van der Waals surface area contributed by atoms with Gasteiger partial charge < -0.3 is 0 Å². The molecule has 0 aromatic carbocycles. The molecule has 1 rings (SSSR count). The maximum absolute atomic E-state index is 3.31. The Morgan fingerprint density at radius 1 is 0.714 bits per heavy atom. The van der Waals surface area contributed by atoms with Crippen molar-refractivity contribution >= 4 is 0 Å². The largest absolute Gasteiger partial charge is 0.0882 e. The second-order valence-corrected chi connectivity index (χ2v) is 3.42. The number of hydrogen-bond acceptors (Lipinski definition) is 0. The fourth-order valence-electron chi connectivity index (χ4n) is 1.33. The van der Waals surface area contributed by atoms with Crippen molar-refractivity contribution in [2.45, 2.75) is 38.5 Å². The summed E-state index contributed by atoms with van der Waals surface area (Å²) in [6.07, 6.45) is 25.5. The summed E-state index contributed by atoms with van der Waals surface area (Å²) in [4.78, 5) is 0. The highest BCUT2D eigenvalue weighted by molar-refractivity contribution is 4.99. The van der Waals surface area contributed by atoms with E-state index in [1.54, 1.807) is 0 Å². The molecule has 0 aliphatic heterocycles. The van der Waals surface area contributed by atoms with Crippen LogP contribution in [-0.4, -0.2) is 0 Å². The Balaban J connectivity index is 2.34. The standard InChI is InChI=1S/C14H19/c1-2-4-6-8-10-12-14-13-11-9-7-5-3-1/h1-2,5-8,11H,3-4,9-10,12,14H2. The van der Waals surface area contributed by atoms with Gasteiger partial charge in [0, 0.05) is 0 Å². The molecule has 0 N–H and O–H groups in total. The van der Waals surface area contributed by atoms with E-state index < -0.39 is 0 Å². The fourth-order valence-corrected chi connectivity index (χ4v) is 1.33. The second kappa shape index (κ2) is 8.55. The Morgan fingerprint density at radius 3 is 2.14 bits per heavy atom. The zero-order chi connectivity index (χ0) is 9.90.